The number of anilines is 1. The number of rotatable bonds is 6. The second-order valence-corrected chi connectivity index (χ2v) is 7.77. The van der Waals surface area contributed by atoms with Crippen LogP contribution >= 0.6 is 23.2 Å². The molecule has 6 nitrogen and oxygen atoms in total. The smallest absolute Gasteiger partial charge is 0.321 e. The first-order chi connectivity index (χ1) is 11.8. The fourth-order valence-corrected chi connectivity index (χ4v) is 4.60. The monoisotopic (exact) mass is 402 g/mol. The van der Waals surface area contributed by atoms with Gasteiger partial charge in [-0.3, -0.25) is 4.79 Å². The van der Waals surface area contributed by atoms with Crippen LogP contribution in [0.2, 0.25) is 10.0 Å². The average Bonchev–Trinajstić information content (AvgIpc) is 2.58. The largest absolute Gasteiger partial charge is 0.468 e. The second-order valence-electron chi connectivity index (χ2n) is 5.11. The summed E-state index contributed by atoms with van der Waals surface area (Å²) >= 11 is 12.1. The topological polar surface area (TPSA) is 89.7 Å². The number of halogens is 2. The van der Waals surface area contributed by atoms with E-state index < -0.39 is 22.5 Å². The molecule has 0 spiro atoms. The Morgan fingerprint density at radius 2 is 1.80 bits per heavy atom. The Balaban J connectivity index is 2.52. The van der Waals surface area contributed by atoms with Crippen LogP contribution in [0.5, 0.6) is 0 Å². The van der Waals surface area contributed by atoms with Crippen LogP contribution in [0, 0.1) is 0 Å². The highest BCUT2D eigenvalue weighted by Crippen LogP contribution is 2.36. The van der Waals surface area contributed by atoms with E-state index in [-0.39, 0.29) is 27.2 Å². The maximum absolute atomic E-state index is 13.1. The van der Waals surface area contributed by atoms with Crippen LogP contribution in [0.4, 0.5) is 5.69 Å². The number of ether oxygens (including phenoxy) is 1. The van der Waals surface area contributed by atoms with Crippen LogP contribution in [0.3, 0.4) is 0 Å². The molecule has 0 saturated heterocycles. The van der Waals surface area contributed by atoms with Gasteiger partial charge in [-0.05, 0) is 17.7 Å². The summed E-state index contributed by atoms with van der Waals surface area (Å²) in [5, 5.41) is -0.266. The third kappa shape index (κ3) is 4.43. The van der Waals surface area contributed by atoms with Crippen LogP contribution in [0.15, 0.2) is 47.4 Å². The van der Waals surface area contributed by atoms with E-state index in [4.69, 9.17) is 28.9 Å². The molecule has 0 aliphatic carbocycles. The maximum Gasteiger partial charge on any atom is 0.321 e. The molecule has 25 heavy (non-hydrogen) atoms. The Hall–Kier alpha value is -1.80. The van der Waals surface area contributed by atoms with Gasteiger partial charge in [-0.25, -0.2) is 8.42 Å². The lowest BCUT2D eigenvalue weighted by atomic mass is 10.2. The fourth-order valence-electron chi connectivity index (χ4n) is 2.13. The number of esters is 1. The number of hydrogen-bond acceptors (Lipinski definition) is 5. The SMILES string of the molecule is COC(=O)CN(Cc1ccccc1)S(=O)(=O)c1c(Cl)ccc(N)c1Cl. The molecule has 0 atom stereocenters. The lowest BCUT2D eigenvalue weighted by Crippen LogP contribution is -2.36. The predicted octanol–water partition coefficient (Wildman–Crippen LogP) is 2.94. The molecule has 0 aliphatic rings. The van der Waals surface area contributed by atoms with Crippen LogP contribution < -0.4 is 5.73 Å². The molecule has 0 amide bonds. The molecule has 2 aromatic rings. The van der Waals surface area contributed by atoms with Crippen LogP contribution in [0.1, 0.15) is 5.56 Å². The summed E-state index contributed by atoms with van der Waals surface area (Å²) in [5.41, 5.74) is 6.46. The number of sulfonamides is 1. The van der Waals surface area contributed by atoms with Gasteiger partial charge >= 0.3 is 5.97 Å². The highest BCUT2D eigenvalue weighted by molar-refractivity contribution is 7.89. The summed E-state index contributed by atoms with van der Waals surface area (Å²) in [6, 6.07) is 11.6. The van der Waals surface area contributed by atoms with E-state index >= 15 is 0 Å². The lowest BCUT2D eigenvalue weighted by Gasteiger charge is -2.22. The first-order valence-electron chi connectivity index (χ1n) is 7.11. The van der Waals surface area contributed by atoms with Gasteiger partial charge in [0.15, 0.2) is 0 Å². The maximum atomic E-state index is 13.1. The van der Waals surface area contributed by atoms with E-state index in [0.717, 1.165) is 4.31 Å². The van der Waals surface area contributed by atoms with E-state index in [1.807, 2.05) is 0 Å². The third-order valence-corrected chi connectivity index (χ3v) is 6.24. The molecule has 9 heteroatoms. The number of carbonyl (C=O) groups excluding carboxylic acids is 1. The Labute approximate surface area is 156 Å². The number of nitrogens with two attached hydrogens (primary N) is 1. The Bertz CT molecular complexity index is 873. The zero-order valence-electron chi connectivity index (χ0n) is 13.3. The van der Waals surface area contributed by atoms with Gasteiger partial charge in [0, 0.05) is 6.54 Å². The van der Waals surface area contributed by atoms with Crippen molar-refractivity contribution in [1.82, 2.24) is 4.31 Å². The Kier molecular flexibility index (Phi) is 6.29. The summed E-state index contributed by atoms with van der Waals surface area (Å²) in [6.45, 7) is -0.547. The average molecular weight is 403 g/mol. The molecule has 0 aromatic heterocycles. The normalized spacial score (nSPS) is 11.5. The molecule has 0 fully saturated rings. The summed E-state index contributed by atoms with van der Waals surface area (Å²) in [4.78, 5) is 11.4. The summed E-state index contributed by atoms with van der Waals surface area (Å²) in [5.74, 6) is -0.712. The zero-order chi connectivity index (χ0) is 18.6. The summed E-state index contributed by atoms with van der Waals surface area (Å²) in [6.07, 6.45) is 0. The van der Waals surface area contributed by atoms with Gasteiger partial charge in [-0.2, -0.15) is 4.31 Å². The molecule has 0 saturated carbocycles. The number of nitrogens with zero attached hydrogens (tertiary/aromatic N) is 1. The van der Waals surface area contributed by atoms with Crippen molar-refractivity contribution in [2.45, 2.75) is 11.4 Å². The van der Waals surface area contributed by atoms with Gasteiger partial charge in [0.2, 0.25) is 10.0 Å². The van der Waals surface area contributed by atoms with E-state index in [1.54, 1.807) is 30.3 Å². The van der Waals surface area contributed by atoms with Gasteiger partial charge in [-0.15, -0.1) is 0 Å². The summed E-state index contributed by atoms with van der Waals surface area (Å²) in [7, 11) is -3.02. The highest BCUT2D eigenvalue weighted by atomic mass is 35.5. The molecule has 2 aromatic carbocycles. The number of methoxy groups -OCH3 is 1. The molecule has 2 N–H and O–H groups in total. The molecule has 0 heterocycles. The number of hydrogen-bond donors (Lipinski definition) is 1. The summed E-state index contributed by atoms with van der Waals surface area (Å²) < 4.78 is 31.7. The van der Waals surface area contributed by atoms with Crippen molar-refractivity contribution in [3.8, 4) is 0 Å². The highest BCUT2D eigenvalue weighted by Gasteiger charge is 2.32. The zero-order valence-corrected chi connectivity index (χ0v) is 15.6. The first kappa shape index (κ1) is 19.5. The van der Waals surface area contributed by atoms with Crippen molar-refractivity contribution in [3.63, 3.8) is 0 Å². The third-order valence-electron chi connectivity index (χ3n) is 3.41. The van der Waals surface area contributed by atoms with Gasteiger partial charge in [0.05, 0.1) is 22.8 Å². The molecule has 0 radical (unpaired) electrons. The molecular formula is C16H16Cl2N2O4S. The Morgan fingerprint density at radius 3 is 2.40 bits per heavy atom. The predicted molar refractivity (Wildman–Crippen MR) is 96.9 cm³/mol. The minimum atomic E-state index is -4.20. The van der Waals surface area contributed by atoms with Crippen LogP contribution in [0.25, 0.3) is 0 Å². The fraction of sp³-hybridized carbons (Fsp3) is 0.188. The number of benzene rings is 2. The Morgan fingerprint density at radius 1 is 1.16 bits per heavy atom. The van der Waals surface area contributed by atoms with E-state index in [2.05, 4.69) is 4.74 Å². The molecule has 0 aliphatic heterocycles. The van der Waals surface area contributed by atoms with E-state index in [1.165, 1.54) is 19.2 Å². The van der Waals surface area contributed by atoms with Crippen LogP contribution in [-0.2, 0) is 26.1 Å². The van der Waals surface area contributed by atoms with Crippen molar-refractivity contribution in [2.75, 3.05) is 19.4 Å². The molecule has 0 bridgehead atoms. The second kappa shape index (κ2) is 8.05. The molecule has 2 rings (SSSR count). The minimum absolute atomic E-state index is 0.0558. The van der Waals surface area contributed by atoms with Gasteiger partial charge in [-0.1, -0.05) is 53.5 Å². The van der Waals surface area contributed by atoms with Crippen molar-refractivity contribution < 1.29 is 17.9 Å². The molecule has 0 unspecified atom stereocenters. The number of carbonyl (C=O) groups is 1. The van der Waals surface area contributed by atoms with Gasteiger partial charge in [0.25, 0.3) is 0 Å². The van der Waals surface area contributed by atoms with Crippen LogP contribution in [-0.4, -0.2) is 32.3 Å². The molecule has 134 valence electrons. The standard InChI is InChI=1S/C16H16Cl2N2O4S/c1-24-14(21)10-20(9-11-5-3-2-4-6-11)25(22,23)16-12(17)7-8-13(19)15(16)18/h2-8H,9-10,19H2,1H3. The first-order valence-corrected chi connectivity index (χ1v) is 9.31. The van der Waals surface area contributed by atoms with Gasteiger partial charge in [0.1, 0.15) is 11.4 Å². The quantitative estimate of drug-likeness (QED) is 0.592. The van der Waals surface area contributed by atoms with Crippen molar-refractivity contribution in [2.24, 2.45) is 0 Å². The van der Waals surface area contributed by atoms with Gasteiger partial charge < -0.3 is 10.5 Å². The van der Waals surface area contributed by atoms with Crippen molar-refractivity contribution >= 4 is 44.9 Å². The van der Waals surface area contributed by atoms with Crippen molar-refractivity contribution in [3.05, 3.63) is 58.1 Å². The van der Waals surface area contributed by atoms with E-state index in [0.29, 0.717) is 5.56 Å². The van der Waals surface area contributed by atoms with Crippen molar-refractivity contribution in [1.29, 1.82) is 0 Å². The minimum Gasteiger partial charge on any atom is -0.468 e. The number of nitrogen functional groups attached to an aromatic ring is 1. The molecular weight excluding hydrogens is 387 g/mol. The van der Waals surface area contributed by atoms with E-state index in [9.17, 15) is 13.2 Å². The lowest BCUT2D eigenvalue weighted by molar-refractivity contribution is -0.140.